The number of likely N-dealkylation sites (N-methyl/N-ethyl adjacent to an activating group) is 1. The smallest absolute Gasteiger partial charge is 0.227 e. The minimum absolute atomic E-state index is 0.0374. The Morgan fingerprint density at radius 2 is 1.57 bits per heavy atom. The predicted octanol–water partition coefficient (Wildman–Crippen LogP) is 2.66. The van der Waals surface area contributed by atoms with E-state index in [1.165, 1.54) is 0 Å². The van der Waals surface area contributed by atoms with E-state index < -0.39 is 0 Å². The second-order valence-corrected chi connectivity index (χ2v) is 9.11. The molecule has 2 fully saturated rings. The summed E-state index contributed by atoms with van der Waals surface area (Å²) in [5, 5.41) is 3.17. The number of rotatable bonds is 3. The number of nitrogens with zero attached hydrogens (tertiary/aromatic N) is 3. The van der Waals surface area contributed by atoms with Crippen molar-refractivity contribution in [3.05, 3.63) is 24.3 Å². The van der Waals surface area contributed by atoms with Gasteiger partial charge in [-0.3, -0.25) is 9.59 Å². The number of piperazine rings is 1. The number of anilines is 2. The molecule has 1 aromatic rings. The van der Waals surface area contributed by atoms with Gasteiger partial charge in [0.1, 0.15) is 0 Å². The first-order valence-corrected chi connectivity index (χ1v) is 10.4. The van der Waals surface area contributed by atoms with Crippen LogP contribution in [0.4, 0.5) is 11.4 Å². The van der Waals surface area contributed by atoms with Crippen LogP contribution in [0.25, 0.3) is 0 Å². The number of para-hydroxylation sites is 2. The molecular weight excluding hydrogens is 352 g/mol. The molecule has 6 heteroatoms. The number of hydrogen-bond acceptors (Lipinski definition) is 4. The van der Waals surface area contributed by atoms with Crippen LogP contribution in [0.5, 0.6) is 0 Å². The van der Waals surface area contributed by atoms with Crippen molar-refractivity contribution in [3.8, 4) is 0 Å². The number of carbonyl (C=O) groups excluding carboxylic acids is 2. The van der Waals surface area contributed by atoms with Gasteiger partial charge in [-0.05, 0) is 32.0 Å². The van der Waals surface area contributed by atoms with E-state index in [2.05, 4.69) is 28.2 Å². The molecule has 154 valence electrons. The van der Waals surface area contributed by atoms with Crippen molar-refractivity contribution in [2.24, 2.45) is 11.3 Å². The normalized spacial score (nSPS) is 19.6. The summed E-state index contributed by atoms with van der Waals surface area (Å²) in [5.74, 6) is 0.209. The highest BCUT2D eigenvalue weighted by Crippen LogP contribution is 2.29. The number of piperidine rings is 1. The lowest BCUT2D eigenvalue weighted by Crippen LogP contribution is -2.46. The topological polar surface area (TPSA) is 55.9 Å². The Labute approximate surface area is 168 Å². The van der Waals surface area contributed by atoms with Crippen molar-refractivity contribution < 1.29 is 9.59 Å². The highest BCUT2D eigenvalue weighted by atomic mass is 16.2. The molecule has 2 aliphatic heterocycles. The van der Waals surface area contributed by atoms with Crippen molar-refractivity contribution in [1.82, 2.24) is 9.80 Å². The molecule has 0 bridgehead atoms. The van der Waals surface area contributed by atoms with Crippen LogP contribution >= 0.6 is 0 Å². The third kappa shape index (κ3) is 4.85. The van der Waals surface area contributed by atoms with Crippen LogP contribution in [-0.2, 0) is 9.59 Å². The van der Waals surface area contributed by atoms with E-state index in [9.17, 15) is 9.59 Å². The fraction of sp³-hybridized carbons (Fsp3) is 0.636. The van der Waals surface area contributed by atoms with Crippen molar-refractivity contribution in [2.45, 2.75) is 33.6 Å². The Hall–Kier alpha value is -2.08. The second kappa shape index (κ2) is 8.52. The molecule has 2 saturated heterocycles. The van der Waals surface area contributed by atoms with Crippen LogP contribution in [0, 0.1) is 11.3 Å². The van der Waals surface area contributed by atoms with Gasteiger partial charge < -0.3 is 20.0 Å². The van der Waals surface area contributed by atoms with Gasteiger partial charge in [-0.15, -0.1) is 0 Å². The molecule has 0 aliphatic carbocycles. The number of amides is 2. The van der Waals surface area contributed by atoms with Crippen LogP contribution < -0.4 is 10.2 Å². The van der Waals surface area contributed by atoms with Crippen LogP contribution in [0.2, 0.25) is 0 Å². The molecule has 1 N–H and O–H groups in total. The van der Waals surface area contributed by atoms with Crippen molar-refractivity contribution in [1.29, 1.82) is 0 Å². The monoisotopic (exact) mass is 386 g/mol. The molecule has 2 amide bonds. The van der Waals surface area contributed by atoms with E-state index in [-0.39, 0.29) is 23.1 Å². The lowest BCUT2D eigenvalue weighted by molar-refractivity contribution is -0.142. The molecule has 0 atom stereocenters. The third-order valence-corrected chi connectivity index (χ3v) is 5.80. The Morgan fingerprint density at radius 3 is 2.18 bits per heavy atom. The zero-order chi connectivity index (χ0) is 20.3. The first-order valence-electron chi connectivity index (χ1n) is 10.4. The largest absolute Gasteiger partial charge is 0.367 e. The van der Waals surface area contributed by atoms with Gasteiger partial charge >= 0.3 is 0 Å². The molecule has 3 rings (SSSR count). The Kier molecular flexibility index (Phi) is 6.28. The number of benzene rings is 1. The van der Waals surface area contributed by atoms with Crippen molar-refractivity contribution >= 4 is 23.2 Å². The first-order chi connectivity index (χ1) is 13.3. The number of carbonyl (C=O) groups is 2. The molecule has 2 heterocycles. The molecule has 0 saturated carbocycles. The molecular formula is C22H34N4O2. The third-order valence-electron chi connectivity index (χ3n) is 5.80. The van der Waals surface area contributed by atoms with E-state index in [1.807, 2.05) is 43.9 Å². The highest BCUT2D eigenvalue weighted by Gasteiger charge is 2.32. The van der Waals surface area contributed by atoms with E-state index in [1.54, 1.807) is 0 Å². The van der Waals surface area contributed by atoms with Gasteiger partial charge in [-0.25, -0.2) is 0 Å². The van der Waals surface area contributed by atoms with Crippen LogP contribution in [0.3, 0.4) is 0 Å². The van der Waals surface area contributed by atoms with Gasteiger partial charge in [0.15, 0.2) is 0 Å². The lowest BCUT2D eigenvalue weighted by Gasteiger charge is -2.36. The molecule has 0 spiro atoms. The van der Waals surface area contributed by atoms with E-state index in [0.717, 1.165) is 50.4 Å². The van der Waals surface area contributed by atoms with Crippen LogP contribution in [-0.4, -0.2) is 67.9 Å². The fourth-order valence-electron chi connectivity index (χ4n) is 3.96. The fourth-order valence-corrected chi connectivity index (χ4v) is 3.96. The summed E-state index contributed by atoms with van der Waals surface area (Å²) in [6, 6.07) is 8.08. The SMILES string of the molecule is CN1CCN(c2ccccc2NC(=O)C2CCN(C(=O)C(C)(C)C)CC2)CC1. The average Bonchev–Trinajstić information content (AvgIpc) is 2.68. The van der Waals surface area contributed by atoms with Gasteiger partial charge in [0.25, 0.3) is 0 Å². The van der Waals surface area contributed by atoms with E-state index in [4.69, 9.17) is 0 Å². The molecule has 28 heavy (non-hydrogen) atoms. The summed E-state index contributed by atoms with van der Waals surface area (Å²) in [7, 11) is 2.14. The Morgan fingerprint density at radius 1 is 0.964 bits per heavy atom. The summed E-state index contributed by atoms with van der Waals surface area (Å²) < 4.78 is 0. The number of hydrogen-bond donors (Lipinski definition) is 1. The lowest BCUT2D eigenvalue weighted by atomic mass is 9.90. The molecule has 0 unspecified atom stereocenters. The minimum atomic E-state index is -0.365. The van der Waals surface area contributed by atoms with Gasteiger partial charge in [0, 0.05) is 50.6 Å². The van der Waals surface area contributed by atoms with Crippen LogP contribution in [0.15, 0.2) is 24.3 Å². The first kappa shape index (κ1) is 20.6. The summed E-state index contributed by atoms with van der Waals surface area (Å²) in [4.78, 5) is 31.9. The second-order valence-electron chi connectivity index (χ2n) is 9.11. The van der Waals surface area contributed by atoms with Gasteiger partial charge in [0.05, 0.1) is 11.4 Å². The predicted molar refractivity (Wildman–Crippen MR) is 114 cm³/mol. The maximum Gasteiger partial charge on any atom is 0.227 e. The number of nitrogens with one attached hydrogen (secondary N) is 1. The molecule has 0 radical (unpaired) electrons. The minimum Gasteiger partial charge on any atom is -0.367 e. The average molecular weight is 387 g/mol. The Balaban J connectivity index is 1.60. The van der Waals surface area contributed by atoms with Gasteiger partial charge in [-0.2, -0.15) is 0 Å². The summed E-state index contributed by atoms with van der Waals surface area (Å²) in [5.41, 5.74) is 1.63. The molecule has 6 nitrogen and oxygen atoms in total. The molecule has 1 aromatic carbocycles. The van der Waals surface area contributed by atoms with Gasteiger partial charge in [0.2, 0.25) is 11.8 Å². The molecule has 0 aromatic heterocycles. The number of likely N-dealkylation sites (tertiary alicyclic amines) is 1. The zero-order valence-electron chi connectivity index (χ0n) is 17.7. The van der Waals surface area contributed by atoms with E-state index >= 15 is 0 Å². The highest BCUT2D eigenvalue weighted by molar-refractivity contribution is 5.96. The maximum atomic E-state index is 12.9. The van der Waals surface area contributed by atoms with Crippen molar-refractivity contribution in [3.63, 3.8) is 0 Å². The summed E-state index contributed by atoms with van der Waals surface area (Å²) in [6.07, 6.45) is 1.45. The summed E-state index contributed by atoms with van der Waals surface area (Å²) >= 11 is 0. The summed E-state index contributed by atoms with van der Waals surface area (Å²) in [6.45, 7) is 11.2. The Bertz CT molecular complexity index is 697. The van der Waals surface area contributed by atoms with Gasteiger partial charge in [-0.1, -0.05) is 32.9 Å². The molecule has 2 aliphatic rings. The quantitative estimate of drug-likeness (QED) is 0.868. The van der Waals surface area contributed by atoms with Crippen LogP contribution in [0.1, 0.15) is 33.6 Å². The maximum absolute atomic E-state index is 12.9. The standard InChI is InChI=1S/C22H34N4O2/c1-22(2,3)21(28)26-11-9-17(10-12-26)20(27)23-18-7-5-6-8-19(18)25-15-13-24(4)14-16-25/h5-8,17H,9-16H2,1-4H3,(H,23,27). The van der Waals surface area contributed by atoms with E-state index in [0.29, 0.717) is 13.1 Å². The zero-order valence-corrected chi connectivity index (χ0v) is 17.7. The van der Waals surface area contributed by atoms with Crippen molar-refractivity contribution in [2.75, 3.05) is 56.5 Å².